The molecule has 0 radical (unpaired) electrons. The highest BCUT2D eigenvalue weighted by molar-refractivity contribution is 7.98. The van der Waals surface area contributed by atoms with Crippen LogP contribution in [0.4, 0.5) is 5.82 Å². The van der Waals surface area contributed by atoms with Crippen LogP contribution in [0.15, 0.2) is 11.4 Å². The molecule has 1 saturated carbocycles. The summed E-state index contributed by atoms with van der Waals surface area (Å²) in [6.07, 6.45) is 9.35. The summed E-state index contributed by atoms with van der Waals surface area (Å²) in [4.78, 5) is 22.5. The van der Waals surface area contributed by atoms with Crippen LogP contribution in [0.25, 0.3) is 0 Å². The molecule has 1 aliphatic heterocycles. The molecule has 0 saturated heterocycles. The van der Waals surface area contributed by atoms with Gasteiger partial charge in [0.1, 0.15) is 12.0 Å². The standard InChI is InChI=1S/C13H18N4OS/c1-19-13-15-7-9-6-14-11(8-18)17(12(9)16-13)10-4-2-3-5-10/h7-8,10-11,14H,2-6H2,1H3. The number of carbonyl (C=O) groups excluding carboxylic acids is 1. The molecule has 1 aromatic heterocycles. The number of nitrogens with one attached hydrogen (secondary N) is 1. The number of hydrogen-bond acceptors (Lipinski definition) is 6. The zero-order chi connectivity index (χ0) is 13.2. The van der Waals surface area contributed by atoms with Gasteiger partial charge < -0.3 is 4.90 Å². The lowest BCUT2D eigenvalue weighted by Gasteiger charge is -2.39. The molecule has 1 fully saturated rings. The molecule has 5 nitrogen and oxygen atoms in total. The van der Waals surface area contributed by atoms with Gasteiger partial charge in [-0.25, -0.2) is 9.97 Å². The molecule has 6 heteroatoms. The van der Waals surface area contributed by atoms with Crippen molar-refractivity contribution >= 4 is 23.9 Å². The number of aldehydes is 1. The Balaban J connectivity index is 2.00. The van der Waals surface area contributed by atoms with Gasteiger partial charge in [0.2, 0.25) is 0 Å². The molecule has 0 aromatic carbocycles. The summed E-state index contributed by atoms with van der Waals surface area (Å²) in [6.45, 7) is 0.663. The first-order chi connectivity index (χ1) is 9.33. The van der Waals surface area contributed by atoms with E-state index in [0.29, 0.717) is 12.6 Å². The van der Waals surface area contributed by atoms with Gasteiger partial charge in [-0.1, -0.05) is 24.6 Å². The van der Waals surface area contributed by atoms with Crippen LogP contribution in [0, 0.1) is 0 Å². The fraction of sp³-hybridized carbons (Fsp3) is 0.615. The lowest BCUT2D eigenvalue weighted by atomic mass is 10.1. The van der Waals surface area contributed by atoms with Crippen molar-refractivity contribution < 1.29 is 4.79 Å². The normalized spacial score (nSPS) is 23.4. The third kappa shape index (κ3) is 2.34. The molecule has 1 aromatic rings. The Labute approximate surface area is 117 Å². The van der Waals surface area contributed by atoms with Crippen molar-refractivity contribution in [3.05, 3.63) is 11.8 Å². The minimum absolute atomic E-state index is 0.250. The van der Waals surface area contributed by atoms with Crippen molar-refractivity contribution in [2.75, 3.05) is 11.2 Å². The summed E-state index contributed by atoms with van der Waals surface area (Å²) < 4.78 is 0. The third-order valence-corrected chi connectivity index (χ3v) is 4.46. The monoisotopic (exact) mass is 278 g/mol. The minimum Gasteiger partial charge on any atom is -0.331 e. The highest BCUT2D eigenvalue weighted by Gasteiger charge is 2.34. The maximum Gasteiger partial charge on any atom is 0.189 e. The minimum atomic E-state index is -0.250. The second-order valence-corrected chi connectivity index (χ2v) is 5.79. The summed E-state index contributed by atoms with van der Waals surface area (Å²) >= 11 is 1.54. The van der Waals surface area contributed by atoms with E-state index in [0.717, 1.165) is 35.7 Å². The molecular weight excluding hydrogens is 260 g/mol. The molecule has 0 amide bonds. The first-order valence-corrected chi connectivity index (χ1v) is 7.93. The van der Waals surface area contributed by atoms with Gasteiger partial charge >= 0.3 is 0 Å². The summed E-state index contributed by atoms with van der Waals surface area (Å²) in [6, 6.07) is 0.423. The summed E-state index contributed by atoms with van der Waals surface area (Å²) in [5.74, 6) is 0.946. The van der Waals surface area contributed by atoms with Gasteiger partial charge in [-0.2, -0.15) is 0 Å². The summed E-state index contributed by atoms with van der Waals surface area (Å²) in [5.41, 5.74) is 1.09. The molecule has 2 heterocycles. The third-order valence-electron chi connectivity index (χ3n) is 3.90. The van der Waals surface area contributed by atoms with E-state index in [1.807, 2.05) is 12.5 Å². The topological polar surface area (TPSA) is 58.1 Å². The number of nitrogens with zero attached hydrogens (tertiary/aromatic N) is 3. The van der Waals surface area contributed by atoms with Crippen LogP contribution in [-0.2, 0) is 11.3 Å². The maximum absolute atomic E-state index is 11.3. The Kier molecular flexibility index (Phi) is 3.70. The maximum atomic E-state index is 11.3. The number of hydrogen-bond donors (Lipinski definition) is 1. The molecule has 1 aliphatic carbocycles. The predicted molar refractivity (Wildman–Crippen MR) is 75.2 cm³/mol. The number of aromatic nitrogens is 2. The van der Waals surface area contributed by atoms with Crippen LogP contribution in [-0.4, -0.2) is 34.7 Å². The Morgan fingerprint density at radius 3 is 2.95 bits per heavy atom. The fourth-order valence-electron chi connectivity index (χ4n) is 2.97. The Morgan fingerprint density at radius 1 is 1.47 bits per heavy atom. The van der Waals surface area contributed by atoms with Crippen LogP contribution in [0.1, 0.15) is 31.2 Å². The first-order valence-electron chi connectivity index (χ1n) is 6.70. The highest BCUT2D eigenvalue weighted by Crippen LogP contribution is 2.33. The number of thioether (sulfide) groups is 1. The van der Waals surface area contributed by atoms with Crippen LogP contribution in [0.3, 0.4) is 0 Å². The van der Waals surface area contributed by atoms with E-state index >= 15 is 0 Å². The van der Waals surface area contributed by atoms with Crippen LogP contribution < -0.4 is 10.2 Å². The van der Waals surface area contributed by atoms with Crippen molar-refractivity contribution in [3.8, 4) is 0 Å². The summed E-state index contributed by atoms with van der Waals surface area (Å²) in [7, 11) is 0. The van der Waals surface area contributed by atoms with Gasteiger partial charge in [-0.05, 0) is 19.1 Å². The Morgan fingerprint density at radius 2 is 2.26 bits per heavy atom. The molecule has 1 unspecified atom stereocenters. The SMILES string of the molecule is CSc1ncc2c(n1)N(C1CCCC1)C(C=O)NC2. The predicted octanol–water partition coefficient (Wildman–Crippen LogP) is 1.58. The number of carbonyl (C=O) groups is 1. The lowest BCUT2D eigenvalue weighted by Crippen LogP contribution is -2.54. The van der Waals surface area contributed by atoms with E-state index in [2.05, 4.69) is 20.2 Å². The smallest absolute Gasteiger partial charge is 0.189 e. The van der Waals surface area contributed by atoms with Crippen molar-refractivity contribution in [3.63, 3.8) is 0 Å². The highest BCUT2D eigenvalue weighted by atomic mass is 32.2. The van der Waals surface area contributed by atoms with Crippen molar-refractivity contribution in [1.29, 1.82) is 0 Å². The van der Waals surface area contributed by atoms with Crippen molar-refractivity contribution in [1.82, 2.24) is 15.3 Å². The molecule has 2 aliphatic rings. The van der Waals surface area contributed by atoms with Gasteiger partial charge in [0.25, 0.3) is 0 Å². The average Bonchev–Trinajstić information content (AvgIpc) is 2.99. The van der Waals surface area contributed by atoms with Gasteiger partial charge in [0.15, 0.2) is 11.4 Å². The van der Waals surface area contributed by atoms with E-state index < -0.39 is 0 Å². The van der Waals surface area contributed by atoms with E-state index in [1.165, 1.54) is 24.6 Å². The van der Waals surface area contributed by atoms with E-state index in [1.54, 1.807) is 0 Å². The molecule has 0 bridgehead atoms. The van der Waals surface area contributed by atoms with Crippen molar-refractivity contribution in [2.45, 2.75) is 49.6 Å². The largest absolute Gasteiger partial charge is 0.331 e. The first kappa shape index (κ1) is 12.9. The van der Waals surface area contributed by atoms with E-state index in [4.69, 9.17) is 0 Å². The number of rotatable bonds is 3. The second-order valence-electron chi connectivity index (χ2n) is 5.01. The molecule has 1 N–H and O–H groups in total. The number of anilines is 1. The zero-order valence-electron chi connectivity index (χ0n) is 11.0. The van der Waals surface area contributed by atoms with Gasteiger partial charge in [-0.15, -0.1) is 0 Å². The molecule has 102 valence electrons. The van der Waals surface area contributed by atoms with Gasteiger partial charge in [0.05, 0.1) is 0 Å². The van der Waals surface area contributed by atoms with E-state index in [-0.39, 0.29) is 6.17 Å². The summed E-state index contributed by atoms with van der Waals surface area (Å²) in [5, 5.41) is 4.03. The lowest BCUT2D eigenvalue weighted by molar-refractivity contribution is -0.109. The Bertz CT molecular complexity index is 476. The number of fused-ring (bicyclic) bond motifs is 1. The van der Waals surface area contributed by atoms with Gasteiger partial charge in [-0.3, -0.25) is 10.1 Å². The fourth-order valence-corrected chi connectivity index (χ4v) is 3.31. The van der Waals surface area contributed by atoms with Crippen LogP contribution in [0.2, 0.25) is 0 Å². The molecular formula is C13H18N4OS. The van der Waals surface area contributed by atoms with Crippen LogP contribution >= 0.6 is 11.8 Å². The zero-order valence-corrected chi connectivity index (χ0v) is 11.8. The molecule has 19 heavy (non-hydrogen) atoms. The molecule has 3 rings (SSSR count). The van der Waals surface area contributed by atoms with Gasteiger partial charge in [0, 0.05) is 24.3 Å². The second kappa shape index (κ2) is 5.46. The molecule has 0 spiro atoms. The van der Waals surface area contributed by atoms with Crippen molar-refractivity contribution in [2.24, 2.45) is 0 Å². The van der Waals surface area contributed by atoms with E-state index in [9.17, 15) is 4.79 Å². The Hall–Kier alpha value is -1.14. The molecule has 1 atom stereocenters. The average molecular weight is 278 g/mol. The quantitative estimate of drug-likeness (QED) is 0.514. The van der Waals surface area contributed by atoms with Crippen LogP contribution in [0.5, 0.6) is 0 Å².